The van der Waals surface area contributed by atoms with Crippen molar-refractivity contribution in [2.24, 2.45) is 5.73 Å². The number of anilines is 1. The zero-order chi connectivity index (χ0) is 20.2. The summed E-state index contributed by atoms with van der Waals surface area (Å²) in [6.45, 7) is 2.98. The monoisotopic (exact) mass is 382 g/mol. The number of rotatable bonds is 4. The van der Waals surface area contributed by atoms with Crippen LogP contribution in [-0.2, 0) is 24.5 Å². The molecule has 28 heavy (non-hydrogen) atoms. The number of nitrogens with two attached hydrogens (primary N) is 2. The van der Waals surface area contributed by atoms with Crippen molar-refractivity contribution in [3.05, 3.63) is 46.8 Å². The van der Waals surface area contributed by atoms with E-state index in [0.717, 1.165) is 0 Å². The third-order valence-electron chi connectivity index (χ3n) is 5.08. The molecule has 1 aromatic carbocycles. The van der Waals surface area contributed by atoms with Crippen molar-refractivity contribution in [3.8, 4) is 11.3 Å². The Kier molecular flexibility index (Phi) is 3.77. The van der Waals surface area contributed by atoms with Crippen LogP contribution in [0.25, 0.3) is 11.3 Å². The van der Waals surface area contributed by atoms with Crippen molar-refractivity contribution < 1.29 is 23.5 Å². The van der Waals surface area contributed by atoms with Crippen LogP contribution in [0.3, 0.4) is 0 Å². The Hall–Kier alpha value is -3.62. The highest BCUT2D eigenvalue weighted by Crippen LogP contribution is 2.57. The maximum absolute atomic E-state index is 13.7. The van der Waals surface area contributed by atoms with Gasteiger partial charge in [0.15, 0.2) is 11.2 Å². The van der Waals surface area contributed by atoms with Crippen LogP contribution in [0, 0.1) is 0 Å². The zero-order valence-corrected chi connectivity index (χ0v) is 15.3. The molecule has 0 saturated heterocycles. The molecule has 4 rings (SSSR count). The molecule has 1 spiro atoms. The van der Waals surface area contributed by atoms with Crippen molar-refractivity contribution in [2.75, 3.05) is 18.9 Å². The Balaban J connectivity index is 2.07. The molecule has 1 aliphatic heterocycles. The number of hydrogen-bond acceptors (Lipinski definition) is 7. The zero-order valence-electron chi connectivity index (χ0n) is 15.3. The van der Waals surface area contributed by atoms with Crippen LogP contribution >= 0.6 is 0 Å². The van der Waals surface area contributed by atoms with Gasteiger partial charge in [0.1, 0.15) is 12.2 Å². The second kappa shape index (κ2) is 5.95. The van der Waals surface area contributed by atoms with Crippen LogP contribution in [-0.4, -0.2) is 40.8 Å². The molecule has 144 valence electrons. The number of ether oxygens (including phenoxy) is 1. The number of carbonyl (C=O) groups excluding carboxylic acids is 3. The number of fused-ring (bicyclic) bond motifs is 5. The SMILES string of the molecule is CCOC(=O)C1=C(C)N(CC(N)=O)C(=O)[C@]12c1ccccc1-c1oc(N)nc12. The van der Waals surface area contributed by atoms with Gasteiger partial charge in [-0.2, -0.15) is 4.98 Å². The summed E-state index contributed by atoms with van der Waals surface area (Å²) in [7, 11) is 0. The first kappa shape index (κ1) is 17.8. The molecule has 0 unspecified atom stereocenters. The summed E-state index contributed by atoms with van der Waals surface area (Å²) < 4.78 is 10.8. The number of hydrogen-bond donors (Lipinski definition) is 2. The molecule has 0 fully saturated rings. The molecule has 2 amide bonds. The van der Waals surface area contributed by atoms with E-state index in [9.17, 15) is 14.4 Å². The molecule has 4 N–H and O–H groups in total. The second-order valence-electron chi connectivity index (χ2n) is 6.56. The van der Waals surface area contributed by atoms with Crippen LogP contribution in [0.15, 0.2) is 40.0 Å². The van der Waals surface area contributed by atoms with Gasteiger partial charge < -0.3 is 25.5 Å². The molecule has 9 nitrogen and oxygen atoms in total. The van der Waals surface area contributed by atoms with E-state index in [1.54, 1.807) is 38.1 Å². The van der Waals surface area contributed by atoms with E-state index in [0.29, 0.717) is 16.9 Å². The maximum atomic E-state index is 13.7. The molecule has 1 atom stereocenters. The molecule has 0 saturated carbocycles. The van der Waals surface area contributed by atoms with Gasteiger partial charge >= 0.3 is 5.97 Å². The number of oxazole rings is 1. The predicted octanol–water partition coefficient (Wildman–Crippen LogP) is 0.688. The molecule has 0 bridgehead atoms. The average Bonchev–Trinajstić information content (AvgIpc) is 3.21. The summed E-state index contributed by atoms with van der Waals surface area (Å²) in [6.07, 6.45) is 0. The predicted molar refractivity (Wildman–Crippen MR) is 97.4 cm³/mol. The highest BCUT2D eigenvalue weighted by atomic mass is 16.5. The van der Waals surface area contributed by atoms with Crippen LogP contribution < -0.4 is 11.5 Å². The number of amides is 2. The van der Waals surface area contributed by atoms with Gasteiger partial charge in [-0.1, -0.05) is 24.3 Å². The minimum Gasteiger partial charge on any atom is -0.463 e. The minimum atomic E-state index is -1.60. The number of aromatic nitrogens is 1. The molecular weight excluding hydrogens is 364 g/mol. The van der Waals surface area contributed by atoms with Gasteiger partial charge in [0, 0.05) is 11.3 Å². The Bertz CT molecular complexity index is 1070. The fraction of sp³-hybridized carbons (Fsp3) is 0.263. The second-order valence-corrected chi connectivity index (χ2v) is 6.56. The Morgan fingerprint density at radius 3 is 2.71 bits per heavy atom. The number of carbonyl (C=O) groups is 3. The Morgan fingerprint density at radius 2 is 2.04 bits per heavy atom. The van der Waals surface area contributed by atoms with Gasteiger partial charge in [-0.3, -0.25) is 9.59 Å². The molecular formula is C19H18N4O5. The van der Waals surface area contributed by atoms with Gasteiger partial charge in [-0.05, 0) is 19.4 Å². The standard InChI is InChI=1S/C19H18N4O5/c1-3-27-16(25)13-9(2)23(8-12(20)24)17(26)19(13)11-7-5-4-6-10(11)14-15(19)22-18(21)28-14/h4-7H,3,8H2,1-2H3,(H2,20,24)(H2,21,22)/t19-/m1/s1. The average molecular weight is 382 g/mol. The first-order valence-electron chi connectivity index (χ1n) is 8.69. The molecule has 2 heterocycles. The molecule has 1 aromatic heterocycles. The van der Waals surface area contributed by atoms with Crippen molar-refractivity contribution >= 4 is 23.8 Å². The van der Waals surface area contributed by atoms with E-state index in [1.807, 2.05) is 0 Å². The third kappa shape index (κ3) is 2.07. The van der Waals surface area contributed by atoms with E-state index in [-0.39, 0.29) is 36.1 Å². The van der Waals surface area contributed by atoms with E-state index in [1.165, 1.54) is 4.90 Å². The third-order valence-corrected chi connectivity index (χ3v) is 5.08. The first-order valence-corrected chi connectivity index (χ1v) is 8.69. The number of primary amides is 1. The van der Waals surface area contributed by atoms with E-state index >= 15 is 0 Å². The number of esters is 1. The van der Waals surface area contributed by atoms with Gasteiger partial charge in [-0.25, -0.2) is 4.79 Å². The summed E-state index contributed by atoms with van der Waals surface area (Å²) in [5, 5.41) is 0. The van der Waals surface area contributed by atoms with Gasteiger partial charge in [0.25, 0.3) is 6.01 Å². The summed E-state index contributed by atoms with van der Waals surface area (Å²) in [5.74, 6) is -1.59. The van der Waals surface area contributed by atoms with Crippen LogP contribution in [0.5, 0.6) is 0 Å². The molecule has 1 aliphatic carbocycles. The molecule has 2 aliphatic rings. The number of nitrogens with zero attached hydrogens (tertiary/aromatic N) is 2. The number of allylic oxidation sites excluding steroid dienone is 1. The molecule has 0 radical (unpaired) electrons. The quantitative estimate of drug-likeness (QED) is 0.741. The summed E-state index contributed by atoms with van der Waals surface area (Å²) in [6, 6.07) is 6.89. The van der Waals surface area contributed by atoms with Crippen LogP contribution in [0.2, 0.25) is 0 Å². The van der Waals surface area contributed by atoms with E-state index in [4.69, 9.17) is 20.6 Å². The van der Waals surface area contributed by atoms with E-state index in [2.05, 4.69) is 4.98 Å². The van der Waals surface area contributed by atoms with Crippen LogP contribution in [0.1, 0.15) is 25.1 Å². The number of nitrogen functional groups attached to an aromatic ring is 1. The lowest BCUT2D eigenvalue weighted by molar-refractivity contribution is -0.140. The fourth-order valence-corrected chi connectivity index (χ4v) is 4.10. The Morgan fingerprint density at radius 1 is 1.32 bits per heavy atom. The summed E-state index contributed by atoms with van der Waals surface area (Å²) in [4.78, 5) is 43.6. The summed E-state index contributed by atoms with van der Waals surface area (Å²) >= 11 is 0. The molecule has 9 heteroatoms. The van der Waals surface area contributed by atoms with Gasteiger partial charge in [0.2, 0.25) is 11.8 Å². The number of benzene rings is 1. The Labute approximate surface area is 159 Å². The van der Waals surface area contributed by atoms with Crippen LogP contribution in [0.4, 0.5) is 6.01 Å². The maximum Gasteiger partial charge on any atom is 0.337 e. The van der Waals surface area contributed by atoms with Gasteiger partial charge in [-0.15, -0.1) is 0 Å². The minimum absolute atomic E-state index is 0.0834. The normalized spacial score (nSPS) is 19.9. The smallest absolute Gasteiger partial charge is 0.337 e. The topological polar surface area (TPSA) is 142 Å². The van der Waals surface area contributed by atoms with E-state index < -0.39 is 23.2 Å². The highest BCUT2D eigenvalue weighted by Gasteiger charge is 2.63. The lowest BCUT2D eigenvalue weighted by Crippen LogP contribution is -2.44. The van der Waals surface area contributed by atoms with Crippen molar-refractivity contribution in [1.82, 2.24) is 9.88 Å². The first-order chi connectivity index (χ1) is 13.3. The van der Waals surface area contributed by atoms with Gasteiger partial charge in [0.05, 0.1) is 12.2 Å². The van der Waals surface area contributed by atoms with Crippen molar-refractivity contribution in [2.45, 2.75) is 19.3 Å². The highest BCUT2D eigenvalue weighted by molar-refractivity contribution is 6.14. The lowest BCUT2D eigenvalue weighted by Gasteiger charge is -2.26. The summed E-state index contributed by atoms with van der Waals surface area (Å²) in [5.41, 5.74) is 11.2. The lowest BCUT2D eigenvalue weighted by atomic mass is 9.74. The van der Waals surface area contributed by atoms with Crippen molar-refractivity contribution in [3.63, 3.8) is 0 Å². The van der Waals surface area contributed by atoms with Crippen molar-refractivity contribution in [1.29, 1.82) is 0 Å². The molecule has 2 aromatic rings. The largest absolute Gasteiger partial charge is 0.463 e. The fourth-order valence-electron chi connectivity index (χ4n) is 4.10.